The van der Waals surface area contributed by atoms with Crippen molar-refractivity contribution in [1.82, 2.24) is 19.9 Å². The van der Waals surface area contributed by atoms with Gasteiger partial charge in [0.05, 0.1) is 5.70 Å². The zero-order valence-electron chi connectivity index (χ0n) is 20.6. The Morgan fingerprint density at radius 3 is 2.16 bits per heavy atom. The number of rotatable bonds is 6. The number of nitrogens with zero attached hydrogens (tertiary/aromatic N) is 5. The number of aryl methyl sites for hydroxylation is 1. The van der Waals surface area contributed by atoms with Gasteiger partial charge in [0.15, 0.2) is 5.82 Å². The number of hydrogen-bond donors (Lipinski definition) is 0. The lowest BCUT2D eigenvalue weighted by molar-refractivity contribution is 0.0971. The van der Waals surface area contributed by atoms with Gasteiger partial charge in [-0.15, -0.1) is 10.2 Å². The lowest BCUT2D eigenvalue weighted by Gasteiger charge is -2.33. The molecule has 0 spiro atoms. The van der Waals surface area contributed by atoms with Crippen molar-refractivity contribution in [3.05, 3.63) is 138 Å². The summed E-state index contributed by atoms with van der Waals surface area (Å²) in [5.41, 5.74) is 4.26. The third kappa shape index (κ3) is 4.57. The summed E-state index contributed by atoms with van der Waals surface area (Å²) in [6, 6.07) is 31.2. The third-order valence-corrected chi connectivity index (χ3v) is 7.16. The molecule has 8 heteroatoms. The summed E-state index contributed by atoms with van der Waals surface area (Å²) in [7, 11) is 0. The minimum atomic E-state index is -0.224. The Kier molecular flexibility index (Phi) is 6.46. The van der Waals surface area contributed by atoms with E-state index >= 15 is 0 Å². The summed E-state index contributed by atoms with van der Waals surface area (Å²) in [4.78, 5) is 19.2. The molecule has 0 bridgehead atoms. The number of carbonyl (C=O) groups excluding carboxylic acids is 1. The van der Waals surface area contributed by atoms with Crippen LogP contribution in [0.4, 0.5) is 0 Å². The number of thioether (sulfide) groups is 1. The molecule has 7 nitrogen and oxygen atoms in total. The Morgan fingerprint density at radius 2 is 1.47 bits per heavy atom. The van der Waals surface area contributed by atoms with Crippen LogP contribution in [0, 0.1) is 6.92 Å². The van der Waals surface area contributed by atoms with Crippen molar-refractivity contribution >= 4 is 28.3 Å². The van der Waals surface area contributed by atoms with E-state index in [9.17, 15) is 4.79 Å². The van der Waals surface area contributed by atoms with Crippen molar-refractivity contribution in [3.63, 3.8) is 0 Å². The SMILES string of the molecule is Cc1ccc(OCc2nnc3n2N(C(=O)c2ccncc2)C(c2ccccc2)=C(c2ccccc2)S3)cc1. The highest BCUT2D eigenvalue weighted by Crippen LogP contribution is 2.45. The number of hydrogen-bond acceptors (Lipinski definition) is 6. The molecule has 3 aromatic carbocycles. The predicted octanol–water partition coefficient (Wildman–Crippen LogP) is 5.97. The second-order valence-electron chi connectivity index (χ2n) is 8.68. The molecule has 1 amide bonds. The minimum absolute atomic E-state index is 0.138. The maximum Gasteiger partial charge on any atom is 0.277 e. The molecular weight excluding hydrogens is 494 g/mol. The first-order valence-electron chi connectivity index (χ1n) is 12.1. The summed E-state index contributed by atoms with van der Waals surface area (Å²) in [5.74, 6) is 1.00. The van der Waals surface area contributed by atoms with Gasteiger partial charge in [-0.05, 0) is 48.5 Å². The van der Waals surface area contributed by atoms with Crippen molar-refractivity contribution in [1.29, 1.82) is 0 Å². The number of pyridine rings is 1. The lowest BCUT2D eigenvalue weighted by Crippen LogP contribution is -2.42. The second-order valence-corrected chi connectivity index (χ2v) is 9.65. The molecule has 0 saturated heterocycles. The molecule has 186 valence electrons. The van der Waals surface area contributed by atoms with Gasteiger partial charge in [-0.1, -0.05) is 78.4 Å². The van der Waals surface area contributed by atoms with E-state index in [2.05, 4.69) is 15.2 Å². The molecular formula is C30H23N5O2S. The largest absolute Gasteiger partial charge is 0.486 e. The molecule has 38 heavy (non-hydrogen) atoms. The van der Waals surface area contributed by atoms with Gasteiger partial charge in [-0.25, -0.2) is 9.69 Å². The van der Waals surface area contributed by atoms with E-state index in [1.807, 2.05) is 91.9 Å². The molecule has 0 unspecified atom stereocenters. The van der Waals surface area contributed by atoms with E-state index in [0.717, 1.165) is 27.3 Å². The van der Waals surface area contributed by atoms with Crippen LogP contribution in [0.1, 0.15) is 32.9 Å². The molecule has 0 radical (unpaired) electrons. The van der Waals surface area contributed by atoms with Crippen LogP contribution in [-0.2, 0) is 6.61 Å². The van der Waals surface area contributed by atoms with Crippen LogP contribution in [0.15, 0.2) is 115 Å². The van der Waals surface area contributed by atoms with Gasteiger partial charge in [0.1, 0.15) is 12.4 Å². The highest BCUT2D eigenvalue weighted by molar-refractivity contribution is 8.08. The summed E-state index contributed by atoms with van der Waals surface area (Å²) in [6.45, 7) is 2.17. The number of carbonyl (C=O) groups is 1. The molecule has 0 N–H and O–H groups in total. The van der Waals surface area contributed by atoms with Crippen LogP contribution in [0.5, 0.6) is 5.75 Å². The van der Waals surface area contributed by atoms with Crippen molar-refractivity contribution in [2.45, 2.75) is 18.7 Å². The number of fused-ring (bicyclic) bond motifs is 1. The standard InChI is InChI=1S/C30H23N5O2S/c1-21-12-14-25(15-13-21)37-20-26-32-33-30-34(26)35(29(36)24-16-18-31-19-17-24)27(22-8-4-2-5-9-22)28(38-30)23-10-6-3-7-11-23/h2-19H,20H2,1H3. The maximum atomic E-state index is 14.2. The first-order valence-corrected chi connectivity index (χ1v) is 12.9. The molecule has 0 saturated carbocycles. The summed E-state index contributed by atoms with van der Waals surface area (Å²) in [6.07, 6.45) is 3.23. The zero-order chi connectivity index (χ0) is 25.9. The highest BCUT2D eigenvalue weighted by Gasteiger charge is 2.36. The molecule has 3 heterocycles. The Hall–Kier alpha value is -4.69. The smallest absolute Gasteiger partial charge is 0.277 e. The average Bonchev–Trinajstić information content (AvgIpc) is 3.39. The van der Waals surface area contributed by atoms with Crippen LogP contribution in [0.3, 0.4) is 0 Å². The summed E-state index contributed by atoms with van der Waals surface area (Å²) < 4.78 is 7.82. The Balaban J connectivity index is 1.51. The molecule has 2 aromatic heterocycles. The van der Waals surface area contributed by atoms with Crippen LogP contribution in [0.2, 0.25) is 0 Å². The number of ether oxygens (including phenoxy) is 1. The fourth-order valence-electron chi connectivity index (χ4n) is 4.21. The maximum absolute atomic E-state index is 14.2. The van der Waals surface area contributed by atoms with Gasteiger partial charge in [0.25, 0.3) is 5.91 Å². The van der Waals surface area contributed by atoms with Crippen molar-refractivity contribution in [3.8, 4) is 5.75 Å². The van der Waals surface area contributed by atoms with Gasteiger partial charge in [0.2, 0.25) is 5.16 Å². The van der Waals surface area contributed by atoms with Crippen LogP contribution >= 0.6 is 11.8 Å². The van der Waals surface area contributed by atoms with E-state index in [1.165, 1.54) is 11.8 Å². The molecule has 1 aliphatic heterocycles. The van der Waals surface area contributed by atoms with E-state index in [4.69, 9.17) is 4.74 Å². The van der Waals surface area contributed by atoms with Crippen molar-refractivity contribution < 1.29 is 9.53 Å². The van der Waals surface area contributed by atoms with E-state index in [-0.39, 0.29) is 12.5 Å². The normalized spacial score (nSPS) is 12.8. The van der Waals surface area contributed by atoms with Crippen LogP contribution in [0.25, 0.3) is 10.6 Å². The predicted molar refractivity (Wildman–Crippen MR) is 148 cm³/mol. The van der Waals surface area contributed by atoms with Gasteiger partial charge < -0.3 is 4.74 Å². The number of amides is 1. The number of benzene rings is 3. The topological polar surface area (TPSA) is 73.1 Å². The van der Waals surface area contributed by atoms with Gasteiger partial charge in [-0.2, -0.15) is 0 Å². The van der Waals surface area contributed by atoms with E-state index in [0.29, 0.717) is 22.3 Å². The van der Waals surface area contributed by atoms with Gasteiger partial charge in [0, 0.05) is 28.4 Å². The Bertz CT molecular complexity index is 1600. The molecule has 0 fully saturated rings. The van der Waals surface area contributed by atoms with Crippen molar-refractivity contribution in [2.75, 3.05) is 5.01 Å². The third-order valence-electron chi connectivity index (χ3n) is 6.09. The fraction of sp³-hybridized carbons (Fsp3) is 0.0667. The molecule has 6 rings (SSSR count). The molecule has 5 aromatic rings. The first-order chi connectivity index (χ1) is 18.7. The first kappa shape index (κ1) is 23.7. The van der Waals surface area contributed by atoms with Gasteiger partial charge in [-0.3, -0.25) is 9.78 Å². The van der Waals surface area contributed by atoms with Crippen LogP contribution in [-0.4, -0.2) is 25.8 Å². The molecule has 0 atom stereocenters. The highest BCUT2D eigenvalue weighted by atomic mass is 32.2. The van der Waals surface area contributed by atoms with E-state index < -0.39 is 0 Å². The second kappa shape index (κ2) is 10.4. The number of aromatic nitrogens is 4. The molecule has 0 aliphatic carbocycles. The monoisotopic (exact) mass is 517 g/mol. The Morgan fingerprint density at radius 1 is 0.816 bits per heavy atom. The zero-order valence-corrected chi connectivity index (χ0v) is 21.4. The van der Waals surface area contributed by atoms with E-state index in [1.54, 1.807) is 34.2 Å². The fourth-order valence-corrected chi connectivity index (χ4v) is 5.30. The summed E-state index contributed by atoms with van der Waals surface area (Å²) >= 11 is 1.48. The average molecular weight is 518 g/mol. The lowest BCUT2D eigenvalue weighted by atomic mass is 10.1. The molecule has 1 aliphatic rings. The van der Waals surface area contributed by atoms with Crippen LogP contribution < -0.4 is 9.75 Å². The quantitative estimate of drug-likeness (QED) is 0.276. The van der Waals surface area contributed by atoms with Crippen molar-refractivity contribution in [2.24, 2.45) is 0 Å². The minimum Gasteiger partial charge on any atom is -0.486 e. The van der Waals surface area contributed by atoms with Gasteiger partial charge >= 0.3 is 0 Å². The Labute approximate surface area is 224 Å². The summed E-state index contributed by atoms with van der Waals surface area (Å²) in [5, 5.41) is 11.2.